The van der Waals surface area contributed by atoms with Gasteiger partial charge in [0.15, 0.2) is 0 Å². The van der Waals surface area contributed by atoms with Gasteiger partial charge < -0.3 is 10.6 Å². The molecule has 0 fully saturated rings. The molecule has 0 aromatic carbocycles. The minimum atomic E-state index is -0.754. The van der Waals surface area contributed by atoms with Crippen LogP contribution in [0.25, 0.3) is 0 Å². The number of hydrogen-bond donors (Lipinski definition) is 4. The number of hydrogen-bond acceptors (Lipinski definition) is 4. The molecule has 0 aliphatic heterocycles. The minimum Gasteiger partial charge on any atom is -0.357 e. The average Bonchev–Trinajstić information content (AvgIpc) is 2.52. The maximum absolute atomic E-state index is 12.9. The Morgan fingerprint density at radius 2 is 1.64 bits per heavy atom. The molecule has 0 bridgehead atoms. The summed E-state index contributed by atoms with van der Waals surface area (Å²) in [6.45, 7) is 13.1. The van der Waals surface area contributed by atoms with E-state index in [1.165, 1.54) is 7.05 Å². The standard InChI is InChI=1S/C18H33N3O4/c1-8-9-12(16(23)21-25)13(10-11(2)3)15(22)20-14(17(24)19-7)18(4,5)6/h8,11-14,25H,1,9-10H2,2-7H3,(H,19,24)(H,20,22)(H,21,23)/t12-,13+,14+/m0/s1. The van der Waals surface area contributed by atoms with E-state index in [0.29, 0.717) is 6.42 Å². The van der Waals surface area contributed by atoms with E-state index in [-0.39, 0.29) is 24.2 Å². The van der Waals surface area contributed by atoms with Crippen LogP contribution < -0.4 is 16.1 Å². The minimum absolute atomic E-state index is 0.155. The molecule has 0 radical (unpaired) electrons. The third-order valence-electron chi connectivity index (χ3n) is 4.08. The van der Waals surface area contributed by atoms with Crippen LogP contribution in [0.3, 0.4) is 0 Å². The number of rotatable bonds is 9. The van der Waals surface area contributed by atoms with Crippen molar-refractivity contribution in [3.63, 3.8) is 0 Å². The van der Waals surface area contributed by atoms with Gasteiger partial charge in [-0.2, -0.15) is 0 Å². The Hall–Kier alpha value is -1.89. The van der Waals surface area contributed by atoms with Gasteiger partial charge in [-0.05, 0) is 24.2 Å². The van der Waals surface area contributed by atoms with Gasteiger partial charge in [-0.1, -0.05) is 40.7 Å². The van der Waals surface area contributed by atoms with E-state index in [0.717, 1.165) is 0 Å². The summed E-state index contributed by atoms with van der Waals surface area (Å²) >= 11 is 0. The quantitative estimate of drug-likeness (QED) is 0.286. The van der Waals surface area contributed by atoms with Gasteiger partial charge in [0.1, 0.15) is 6.04 Å². The third kappa shape index (κ3) is 7.25. The highest BCUT2D eigenvalue weighted by atomic mass is 16.5. The number of nitrogens with one attached hydrogen (secondary N) is 3. The van der Waals surface area contributed by atoms with Crippen LogP contribution in [0.5, 0.6) is 0 Å². The van der Waals surface area contributed by atoms with Crippen molar-refractivity contribution in [2.75, 3.05) is 7.05 Å². The fraction of sp³-hybridized carbons (Fsp3) is 0.722. The molecule has 0 aromatic heterocycles. The van der Waals surface area contributed by atoms with Gasteiger partial charge >= 0.3 is 0 Å². The molecule has 25 heavy (non-hydrogen) atoms. The maximum atomic E-state index is 12.9. The van der Waals surface area contributed by atoms with Crippen LogP contribution in [0, 0.1) is 23.2 Å². The Balaban J connectivity index is 5.63. The number of amides is 3. The highest BCUT2D eigenvalue weighted by Gasteiger charge is 2.38. The van der Waals surface area contributed by atoms with E-state index in [2.05, 4.69) is 17.2 Å². The number of carbonyl (C=O) groups excluding carboxylic acids is 3. The number of hydroxylamine groups is 1. The first-order valence-electron chi connectivity index (χ1n) is 8.56. The molecule has 0 rings (SSSR count). The van der Waals surface area contributed by atoms with Crippen molar-refractivity contribution in [1.82, 2.24) is 16.1 Å². The highest BCUT2D eigenvalue weighted by Crippen LogP contribution is 2.26. The van der Waals surface area contributed by atoms with Crippen LogP contribution in [-0.2, 0) is 14.4 Å². The fourth-order valence-electron chi connectivity index (χ4n) is 2.75. The first kappa shape index (κ1) is 23.1. The summed E-state index contributed by atoms with van der Waals surface area (Å²) < 4.78 is 0. The normalized spacial score (nSPS) is 15.0. The molecule has 0 aliphatic carbocycles. The first-order valence-corrected chi connectivity index (χ1v) is 8.56. The Morgan fingerprint density at radius 3 is 2.00 bits per heavy atom. The lowest BCUT2D eigenvalue weighted by Crippen LogP contribution is -2.55. The predicted molar refractivity (Wildman–Crippen MR) is 96.6 cm³/mol. The van der Waals surface area contributed by atoms with E-state index in [1.807, 2.05) is 34.6 Å². The van der Waals surface area contributed by atoms with Crippen LogP contribution in [0.1, 0.15) is 47.5 Å². The predicted octanol–water partition coefficient (Wildman–Crippen LogP) is 1.62. The SMILES string of the molecule is C=CC[C@H](C(=O)NO)[C@@H](CC(C)C)C(=O)N[C@H](C(=O)NC)C(C)(C)C. The Morgan fingerprint density at radius 1 is 1.08 bits per heavy atom. The smallest absolute Gasteiger partial charge is 0.247 e. The zero-order valence-electron chi connectivity index (χ0n) is 16.2. The van der Waals surface area contributed by atoms with Gasteiger partial charge in [0.05, 0.1) is 11.8 Å². The van der Waals surface area contributed by atoms with Crippen LogP contribution in [0.2, 0.25) is 0 Å². The third-order valence-corrected chi connectivity index (χ3v) is 4.08. The molecule has 4 N–H and O–H groups in total. The van der Waals surface area contributed by atoms with Gasteiger partial charge in [0, 0.05) is 7.05 Å². The molecule has 3 atom stereocenters. The lowest BCUT2D eigenvalue weighted by atomic mass is 9.80. The van der Waals surface area contributed by atoms with Crippen LogP contribution in [0.4, 0.5) is 0 Å². The topological polar surface area (TPSA) is 108 Å². The van der Waals surface area contributed by atoms with Crippen molar-refractivity contribution in [2.45, 2.75) is 53.5 Å². The Labute approximate surface area is 150 Å². The summed E-state index contributed by atoms with van der Waals surface area (Å²) in [5.41, 5.74) is 1.14. The second-order valence-corrected chi connectivity index (χ2v) is 7.76. The highest BCUT2D eigenvalue weighted by molar-refractivity contribution is 5.91. The van der Waals surface area contributed by atoms with Gasteiger partial charge in [0.2, 0.25) is 17.7 Å². The molecule has 0 saturated carbocycles. The number of carbonyl (C=O) groups is 3. The second-order valence-electron chi connectivity index (χ2n) is 7.76. The number of likely N-dealkylation sites (N-methyl/N-ethyl adjacent to an activating group) is 1. The summed E-state index contributed by atoms with van der Waals surface area (Å²) in [7, 11) is 1.51. The molecule has 0 aromatic rings. The summed E-state index contributed by atoms with van der Waals surface area (Å²) in [5.74, 6) is -2.59. The first-order chi connectivity index (χ1) is 11.5. The van der Waals surface area contributed by atoms with Crippen LogP contribution in [0.15, 0.2) is 12.7 Å². The van der Waals surface area contributed by atoms with E-state index in [4.69, 9.17) is 5.21 Å². The molecular formula is C18H33N3O4. The summed E-state index contributed by atoms with van der Waals surface area (Å²) in [4.78, 5) is 37.1. The maximum Gasteiger partial charge on any atom is 0.247 e. The van der Waals surface area contributed by atoms with Gasteiger partial charge in [0.25, 0.3) is 0 Å². The molecule has 0 spiro atoms. The second kappa shape index (κ2) is 10.2. The molecule has 0 unspecified atom stereocenters. The molecule has 7 heteroatoms. The molecule has 3 amide bonds. The fourth-order valence-corrected chi connectivity index (χ4v) is 2.75. The molecule has 0 aliphatic rings. The monoisotopic (exact) mass is 355 g/mol. The molecule has 0 heterocycles. The Bertz CT molecular complexity index is 483. The lowest BCUT2D eigenvalue weighted by Gasteiger charge is -2.33. The zero-order valence-corrected chi connectivity index (χ0v) is 16.2. The van der Waals surface area contributed by atoms with Crippen molar-refractivity contribution in [2.24, 2.45) is 23.2 Å². The van der Waals surface area contributed by atoms with Crippen molar-refractivity contribution in [3.05, 3.63) is 12.7 Å². The van der Waals surface area contributed by atoms with E-state index < -0.39 is 29.2 Å². The van der Waals surface area contributed by atoms with Crippen LogP contribution >= 0.6 is 0 Å². The molecule has 144 valence electrons. The largest absolute Gasteiger partial charge is 0.357 e. The van der Waals surface area contributed by atoms with E-state index >= 15 is 0 Å². The van der Waals surface area contributed by atoms with Crippen molar-refractivity contribution >= 4 is 17.7 Å². The summed E-state index contributed by atoms with van der Waals surface area (Å²) in [5, 5.41) is 14.3. The van der Waals surface area contributed by atoms with E-state index in [1.54, 1.807) is 11.6 Å². The van der Waals surface area contributed by atoms with Crippen molar-refractivity contribution in [1.29, 1.82) is 0 Å². The molecule has 7 nitrogen and oxygen atoms in total. The average molecular weight is 355 g/mol. The van der Waals surface area contributed by atoms with Crippen molar-refractivity contribution < 1.29 is 19.6 Å². The molecular weight excluding hydrogens is 322 g/mol. The van der Waals surface area contributed by atoms with Gasteiger partial charge in [-0.15, -0.1) is 6.58 Å². The van der Waals surface area contributed by atoms with Gasteiger partial charge in [-0.25, -0.2) is 5.48 Å². The summed E-state index contributed by atoms with van der Waals surface area (Å²) in [6, 6.07) is -0.735. The number of allylic oxidation sites excluding steroid dienone is 1. The Kier molecular flexibility index (Phi) is 9.41. The summed E-state index contributed by atoms with van der Waals surface area (Å²) in [6.07, 6.45) is 2.24. The van der Waals surface area contributed by atoms with Crippen molar-refractivity contribution in [3.8, 4) is 0 Å². The van der Waals surface area contributed by atoms with E-state index in [9.17, 15) is 14.4 Å². The van der Waals surface area contributed by atoms with Gasteiger partial charge in [-0.3, -0.25) is 19.6 Å². The lowest BCUT2D eigenvalue weighted by molar-refractivity contribution is -0.142. The molecule has 0 saturated heterocycles. The van der Waals surface area contributed by atoms with Crippen LogP contribution in [-0.4, -0.2) is 36.0 Å². The zero-order chi connectivity index (χ0) is 19.8.